The van der Waals surface area contributed by atoms with Crippen molar-refractivity contribution in [3.8, 4) is 0 Å². The number of piperazine rings is 1. The number of benzene rings is 2. The van der Waals surface area contributed by atoms with Gasteiger partial charge in [0.05, 0.1) is 6.54 Å². The molecule has 4 amide bonds. The number of hydrogen-bond donors (Lipinski definition) is 1. The van der Waals surface area contributed by atoms with Crippen LogP contribution in [0.1, 0.15) is 44.4 Å². The van der Waals surface area contributed by atoms with E-state index in [-0.39, 0.29) is 30.2 Å². The lowest BCUT2D eigenvalue weighted by molar-refractivity contribution is -0.142. The third-order valence-electron chi connectivity index (χ3n) is 6.71. The van der Waals surface area contributed by atoms with Crippen molar-refractivity contribution in [2.45, 2.75) is 45.9 Å². The minimum absolute atomic E-state index is 0.0340. The van der Waals surface area contributed by atoms with Crippen molar-refractivity contribution in [1.82, 2.24) is 14.7 Å². The minimum atomic E-state index is -0.924. The molecule has 38 heavy (non-hydrogen) atoms. The van der Waals surface area contributed by atoms with Crippen LogP contribution in [0.4, 0.5) is 10.5 Å². The van der Waals surface area contributed by atoms with Gasteiger partial charge in [0.15, 0.2) is 12.1 Å². The van der Waals surface area contributed by atoms with Gasteiger partial charge in [0.1, 0.15) is 0 Å². The van der Waals surface area contributed by atoms with Crippen molar-refractivity contribution < 1.29 is 23.9 Å². The number of rotatable bonds is 7. The third kappa shape index (κ3) is 6.45. The second kappa shape index (κ2) is 11.9. The molecule has 9 nitrogen and oxygen atoms in total. The Bertz CT molecular complexity index is 1210. The van der Waals surface area contributed by atoms with Gasteiger partial charge in [-0.15, -0.1) is 0 Å². The average Bonchev–Trinajstić information content (AvgIpc) is 3.19. The predicted molar refractivity (Wildman–Crippen MR) is 143 cm³/mol. The lowest BCUT2D eigenvalue weighted by Gasteiger charge is -2.37. The molecule has 0 spiro atoms. The summed E-state index contributed by atoms with van der Waals surface area (Å²) in [5, 5.41) is 3.42. The molecule has 0 aliphatic carbocycles. The molecular weight excluding hydrogens is 508 g/mol. The van der Waals surface area contributed by atoms with Crippen LogP contribution >= 0.6 is 11.6 Å². The molecule has 0 bridgehead atoms. The quantitative estimate of drug-likeness (QED) is 0.570. The third-order valence-corrected chi connectivity index (χ3v) is 6.94. The Kier molecular flexibility index (Phi) is 8.56. The maximum Gasteiger partial charge on any atom is 0.411 e. The summed E-state index contributed by atoms with van der Waals surface area (Å²) in [5.74, 6) is -0.188. The summed E-state index contributed by atoms with van der Waals surface area (Å²) < 4.78 is 5.80. The van der Waals surface area contributed by atoms with E-state index in [0.29, 0.717) is 48.9 Å². The number of halogens is 1. The van der Waals surface area contributed by atoms with Gasteiger partial charge in [-0.2, -0.15) is 0 Å². The highest BCUT2D eigenvalue weighted by Gasteiger charge is 2.48. The van der Waals surface area contributed by atoms with Gasteiger partial charge in [-0.3, -0.25) is 19.3 Å². The molecule has 2 aliphatic heterocycles. The number of ether oxygens (including phenoxy) is 1. The first-order valence-electron chi connectivity index (χ1n) is 12.8. The number of anilines is 1. The predicted octanol–water partition coefficient (Wildman–Crippen LogP) is 4.08. The number of hydrogen-bond acceptors (Lipinski definition) is 5. The van der Waals surface area contributed by atoms with E-state index in [0.717, 1.165) is 5.56 Å². The van der Waals surface area contributed by atoms with Gasteiger partial charge in [-0.1, -0.05) is 49.7 Å². The number of nitrogens with one attached hydrogen (secondary N) is 1. The first-order chi connectivity index (χ1) is 18.1. The molecule has 202 valence electrons. The van der Waals surface area contributed by atoms with E-state index in [4.69, 9.17) is 16.3 Å². The molecule has 2 atom stereocenters. The number of carbonyl (C=O) groups excluding carboxylic acids is 4. The van der Waals surface area contributed by atoms with Gasteiger partial charge in [-0.25, -0.2) is 4.79 Å². The Labute approximate surface area is 227 Å². The van der Waals surface area contributed by atoms with Crippen molar-refractivity contribution in [2.24, 2.45) is 5.92 Å². The van der Waals surface area contributed by atoms with Crippen LogP contribution in [0, 0.1) is 5.92 Å². The van der Waals surface area contributed by atoms with Crippen LogP contribution in [0.5, 0.6) is 0 Å². The lowest BCUT2D eigenvalue weighted by Crippen LogP contribution is -2.55. The highest BCUT2D eigenvalue weighted by atomic mass is 35.5. The van der Waals surface area contributed by atoms with E-state index in [1.807, 2.05) is 19.9 Å². The summed E-state index contributed by atoms with van der Waals surface area (Å²) in [6.45, 7) is 7.18. The summed E-state index contributed by atoms with van der Waals surface area (Å²) >= 11 is 6.16. The maximum absolute atomic E-state index is 13.9. The first kappa shape index (κ1) is 27.4. The van der Waals surface area contributed by atoms with Crippen molar-refractivity contribution in [2.75, 3.05) is 31.5 Å². The normalized spacial score (nSPS) is 19.5. The number of carbonyl (C=O) groups is 4. The number of amides is 4. The molecule has 2 fully saturated rings. The molecule has 2 aromatic carbocycles. The van der Waals surface area contributed by atoms with E-state index in [2.05, 4.69) is 5.32 Å². The summed E-state index contributed by atoms with van der Waals surface area (Å²) in [5.41, 5.74) is 1.94. The van der Waals surface area contributed by atoms with Gasteiger partial charge in [-0.05, 0) is 41.3 Å². The molecule has 2 heterocycles. The monoisotopic (exact) mass is 540 g/mol. The fourth-order valence-electron chi connectivity index (χ4n) is 4.83. The molecule has 4 rings (SSSR count). The average molecular weight is 541 g/mol. The van der Waals surface area contributed by atoms with Crippen molar-refractivity contribution >= 4 is 41.1 Å². The largest absolute Gasteiger partial charge is 0.438 e. The second-order valence-corrected chi connectivity index (χ2v) is 10.5. The highest BCUT2D eigenvalue weighted by Crippen LogP contribution is 2.36. The molecule has 0 saturated carbocycles. The molecule has 2 aliphatic rings. The van der Waals surface area contributed by atoms with Gasteiger partial charge in [0.2, 0.25) is 17.7 Å². The molecule has 2 unspecified atom stereocenters. The Balaban J connectivity index is 1.62. The Morgan fingerprint density at radius 3 is 2.37 bits per heavy atom. The van der Waals surface area contributed by atoms with Gasteiger partial charge in [0.25, 0.3) is 0 Å². The number of cyclic esters (lactones) is 1. The molecule has 2 aromatic rings. The standard InChI is InChI=1S/C28H33ClN4O5/c1-18(2)14-24(35)30-23-9-5-7-21(16-23)26-25(27(36)32-12-10-31(11-13-32)19(3)34)33(28(37)38-26)17-20-6-4-8-22(29)15-20/h4-9,15-16,18,25-26H,10-14,17H2,1-3H3,(H,30,35). The Morgan fingerprint density at radius 2 is 1.71 bits per heavy atom. The van der Waals surface area contributed by atoms with E-state index >= 15 is 0 Å². The smallest absolute Gasteiger partial charge is 0.411 e. The van der Waals surface area contributed by atoms with Crippen LogP contribution in [0.15, 0.2) is 48.5 Å². The van der Waals surface area contributed by atoms with E-state index in [1.54, 1.807) is 52.3 Å². The topological polar surface area (TPSA) is 99.3 Å². The van der Waals surface area contributed by atoms with Gasteiger partial charge < -0.3 is 19.9 Å². The molecule has 2 saturated heterocycles. The number of nitrogens with zero attached hydrogens (tertiary/aromatic N) is 3. The molecule has 0 aromatic heterocycles. The van der Waals surface area contributed by atoms with E-state index in [1.165, 1.54) is 11.8 Å². The van der Waals surface area contributed by atoms with Gasteiger partial charge >= 0.3 is 6.09 Å². The lowest BCUT2D eigenvalue weighted by atomic mass is 9.99. The summed E-state index contributed by atoms with van der Waals surface area (Å²) in [6, 6.07) is 13.3. The SMILES string of the molecule is CC(=O)N1CCN(C(=O)C2C(c3cccc(NC(=O)CC(C)C)c3)OC(=O)N2Cc2cccc(Cl)c2)CC1. The van der Waals surface area contributed by atoms with Crippen LogP contribution in [0.2, 0.25) is 5.02 Å². The molecule has 0 radical (unpaired) electrons. The zero-order chi connectivity index (χ0) is 27.4. The summed E-state index contributed by atoms with van der Waals surface area (Å²) in [6.07, 6.45) is -1.10. The zero-order valence-electron chi connectivity index (χ0n) is 21.9. The first-order valence-corrected chi connectivity index (χ1v) is 13.2. The molecule has 10 heteroatoms. The fraction of sp³-hybridized carbons (Fsp3) is 0.429. The maximum atomic E-state index is 13.9. The summed E-state index contributed by atoms with van der Waals surface area (Å²) in [7, 11) is 0. The van der Waals surface area contributed by atoms with Crippen LogP contribution in [0.3, 0.4) is 0 Å². The molecular formula is C28H33ClN4O5. The Morgan fingerprint density at radius 1 is 1.03 bits per heavy atom. The van der Waals surface area contributed by atoms with Gasteiger partial charge in [0, 0.05) is 50.2 Å². The fourth-order valence-corrected chi connectivity index (χ4v) is 5.04. The highest BCUT2D eigenvalue weighted by molar-refractivity contribution is 6.30. The van der Waals surface area contributed by atoms with E-state index < -0.39 is 18.2 Å². The summed E-state index contributed by atoms with van der Waals surface area (Å²) in [4.78, 5) is 56.0. The Hall–Kier alpha value is -3.59. The van der Waals surface area contributed by atoms with E-state index in [9.17, 15) is 19.2 Å². The van der Waals surface area contributed by atoms with Crippen molar-refractivity contribution in [3.05, 3.63) is 64.7 Å². The zero-order valence-corrected chi connectivity index (χ0v) is 22.6. The van der Waals surface area contributed by atoms with Crippen LogP contribution in [-0.2, 0) is 25.7 Å². The van der Waals surface area contributed by atoms with Crippen LogP contribution < -0.4 is 5.32 Å². The minimum Gasteiger partial charge on any atom is -0.438 e. The van der Waals surface area contributed by atoms with Crippen LogP contribution in [0.25, 0.3) is 0 Å². The van der Waals surface area contributed by atoms with Crippen LogP contribution in [-0.4, -0.2) is 70.7 Å². The second-order valence-electron chi connectivity index (χ2n) is 10.1. The molecule has 1 N–H and O–H groups in total. The van der Waals surface area contributed by atoms with Crippen molar-refractivity contribution in [1.29, 1.82) is 0 Å². The van der Waals surface area contributed by atoms with Crippen molar-refractivity contribution in [3.63, 3.8) is 0 Å².